The standard InChI is InChI=1S/C19H26N2O4/c1-5-6-11-24-16-9-7-15(8-10-16)12-17(20)18(22)21-14(4)25-19(23)13(2)3/h7-10,13-14,17H,11-12,20H2,1-4H3,(H,21,22)/t14?,17-/m0/s1. The number of carbonyl (C=O) groups is 2. The quantitative estimate of drug-likeness (QED) is 0.424. The number of esters is 1. The molecule has 0 spiro atoms. The van der Waals surface area contributed by atoms with E-state index in [1.165, 1.54) is 0 Å². The van der Waals surface area contributed by atoms with Crippen LogP contribution < -0.4 is 15.8 Å². The fourth-order valence-electron chi connectivity index (χ4n) is 1.91. The maximum absolute atomic E-state index is 12.1. The van der Waals surface area contributed by atoms with Gasteiger partial charge in [-0.25, -0.2) is 0 Å². The Bertz CT molecular complexity index is 629. The minimum atomic E-state index is -0.738. The number of amides is 1. The summed E-state index contributed by atoms with van der Waals surface area (Å²) >= 11 is 0. The van der Waals surface area contributed by atoms with Crippen LogP contribution in [0.25, 0.3) is 0 Å². The van der Waals surface area contributed by atoms with Crippen molar-refractivity contribution in [1.82, 2.24) is 5.32 Å². The third-order valence-corrected chi connectivity index (χ3v) is 3.31. The summed E-state index contributed by atoms with van der Waals surface area (Å²) < 4.78 is 10.5. The Balaban J connectivity index is 2.48. The summed E-state index contributed by atoms with van der Waals surface area (Å²) in [6.45, 7) is 7.14. The topological polar surface area (TPSA) is 90.7 Å². The monoisotopic (exact) mass is 346 g/mol. The Labute approximate surface area is 149 Å². The smallest absolute Gasteiger partial charge is 0.310 e. The Morgan fingerprint density at radius 2 is 1.84 bits per heavy atom. The van der Waals surface area contributed by atoms with Gasteiger partial charge in [0, 0.05) is 0 Å². The van der Waals surface area contributed by atoms with Gasteiger partial charge >= 0.3 is 5.97 Å². The molecule has 6 nitrogen and oxygen atoms in total. The number of hydrogen-bond donors (Lipinski definition) is 2. The van der Waals surface area contributed by atoms with Crippen molar-refractivity contribution in [2.45, 2.75) is 46.4 Å². The van der Waals surface area contributed by atoms with Crippen LogP contribution in [-0.2, 0) is 20.7 Å². The van der Waals surface area contributed by atoms with E-state index in [2.05, 4.69) is 17.2 Å². The van der Waals surface area contributed by atoms with Crippen molar-refractivity contribution in [3.05, 3.63) is 29.8 Å². The van der Waals surface area contributed by atoms with E-state index in [-0.39, 0.29) is 17.8 Å². The highest BCUT2D eigenvalue weighted by Gasteiger charge is 2.19. The number of ether oxygens (including phenoxy) is 2. The molecule has 0 aromatic heterocycles. The molecular weight excluding hydrogens is 320 g/mol. The van der Waals surface area contributed by atoms with Gasteiger partial charge in [-0.3, -0.25) is 9.59 Å². The number of rotatable bonds is 8. The van der Waals surface area contributed by atoms with Crippen molar-refractivity contribution in [2.24, 2.45) is 11.7 Å². The van der Waals surface area contributed by atoms with Gasteiger partial charge in [-0.2, -0.15) is 0 Å². The van der Waals surface area contributed by atoms with E-state index in [1.807, 2.05) is 24.3 Å². The summed E-state index contributed by atoms with van der Waals surface area (Å²) in [4.78, 5) is 23.6. The lowest BCUT2D eigenvalue weighted by atomic mass is 10.1. The van der Waals surface area contributed by atoms with Crippen LogP contribution in [-0.4, -0.2) is 30.8 Å². The SMILES string of the molecule is CC#CCOc1ccc(C[C@H](N)C(=O)NC(C)OC(=O)C(C)C)cc1. The fourth-order valence-corrected chi connectivity index (χ4v) is 1.91. The van der Waals surface area contributed by atoms with Gasteiger partial charge in [-0.05, 0) is 38.0 Å². The van der Waals surface area contributed by atoms with Crippen LogP contribution in [0.1, 0.15) is 33.3 Å². The van der Waals surface area contributed by atoms with E-state index in [1.54, 1.807) is 27.7 Å². The summed E-state index contributed by atoms with van der Waals surface area (Å²) in [7, 11) is 0. The van der Waals surface area contributed by atoms with Crippen molar-refractivity contribution in [3.8, 4) is 17.6 Å². The lowest BCUT2D eigenvalue weighted by Gasteiger charge is -2.19. The minimum absolute atomic E-state index is 0.253. The van der Waals surface area contributed by atoms with Gasteiger partial charge in [-0.15, -0.1) is 5.92 Å². The van der Waals surface area contributed by atoms with E-state index < -0.39 is 12.3 Å². The normalized spacial score (nSPS) is 12.6. The van der Waals surface area contributed by atoms with E-state index in [4.69, 9.17) is 15.2 Å². The van der Waals surface area contributed by atoms with Gasteiger partial charge in [0.1, 0.15) is 12.4 Å². The number of benzene rings is 1. The van der Waals surface area contributed by atoms with Crippen molar-refractivity contribution in [2.75, 3.05) is 6.61 Å². The predicted molar refractivity (Wildman–Crippen MR) is 95.6 cm³/mol. The zero-order valence-corrected chi connectivity index (χ0v) is 15.2. The molecule has 3 N–H and O–H groups in total. The van der Waals surface area contributed by atoms with Crippen LogP contribution in [0.15, 0.2) is 24.3 Å². The number of nitrogens with one attached hydrogen (secondary N) is 1. The molecule has 2 atom stereocenters. The zero-order valence-electron chi connectivity index (χ0n) is 15.2. The second-order valence-electron chi connectivity index (χ2n) is 5.91. The highest BCUT2D eigenvalue weighted by Crippen LogP contribution is 2.13. The molecule has 0 radical (unpaired) electrons. The van der Waals surface area contributed by atoms with E-state index in [9.17, 15) is 9.59 Å². The summed E-state index contributed by atoms with van der Waals surface area (Å²) in [5.74, 6) is 5.28. The average molecular weight is 346 g/mol. The van der Waals surface area contributed by atoms with E-state index >= 15 is 0 Å². The van der Waals surface area contributed by atoms with Crippen LogP contribution >= 0.6 is 0 Å². The van der Waals surface area contributed by atoms with Gasteiger partial charge in [0.05, 0.1) is 12.0 Å². The molecule has 0 saturated heterocycles. The Hall–Kier alpha value is -2.52. The van der Waals surface area contributed by atoms with Crippen molar-refractivity contribution in [3.63, 3.8) is 0 Å². The molecule has 0 heterocycles. The van der Waals surface area contributed by atoms with Crippen LogP contribution in [0.5, 0.6) is 5.75 Å². The van der Waals surface area contributed by atoms with Crippen LogP contribution in [0.2, 0.25) is 0 Å². The number of carbonyl (C=O) groups excluding carboxylic acids is 2. The molecule has 0 aliphatic rings. The summed E-state index contributed by atoms with van der Waals surface area (Å²) in [5.41, 5.74) is 6.83. The van der Waals surface area contributed by atoms with Crippen LogP contribution in [0, 0.1) is 17.8 Å². The Kier molecular flexibility index (Phi) is 8.51. The molecule has 0 saturated carbocycles. The van der Waals surface area contributed by atoms with Crippen LogP contribution in [0.4, 0.5) is 0 Å². The molecule has 1 unspecified atom stereocenters. The highest BCUT2D eigenvalue weighted by molar-refractivity contribution is 5.82. The highest BCUT2D eigenvalue weighted by atomic mass is 16.6. The summed E-state index contributed by atoms with van der Waals surface area (Å²) in [5, 5.41) is 2.58. The Morgan fingerprint density at radius 3 is 2.40 bits per heavy atom. The van der Waals surface area contributed by atoms with E-state index in [0.29, 0.717) is 18.8 Å². The zero-order chi connectivity index (χ0) is 18.8. The lowest BCUT2D eigenvalue weighted by molar-refractivity contribution is -0.154. The molecular formula is C19H26N2O4. The van der Waals surface area contributed by atoms with Gasteiger partial charge in [0.15, 0.2) is 6.23 Å². The molecule has 0 aliphatic carbocycles. The molecule has 1 aromatic rings. The van der Waals surface area contributed by atoms with Crippen molar-refractivity contribution in [1.29, 1.82) is 0 Å². The molecule has 0 bridgehead atoms. The van der Waals surface area contributed by atoms with Gasteiger partial charge < -0.3 is 20.5 Å². The molecule has 136 valence electrons. The maximum Gasteiger partial charge on any atom is 0.310 e. The molecule has 1 amide bonds. The van der Waals surface area contributed by atoms with E-state index in [0.717, 1.165) is 5.56 Å². The second-order valence-corrected chi connectivity index (χ2v) is 5.91. The lowest BCUT2D eigenvalue weighted by Crippen LogP contribution is -2.47. The third-order valence-electron chi connectivity index (χ3n) is 3.31. The maximum atomic E-state index is 12.1. The second kappa shape index (κ2) is 10.4. The first-order chi connectivity index (χ1) is 11.8. The van der Waals surface area contributed by atoms with Gasteiger partial charge in [0.2, 0.25) is 5.91 Å². The first kappa shape index (κ1) is 20.5. The first-order valence-electron chi connectivity index (χ1n) is 8.21. The number of nitrogens with two attached hydrogens (primary N) is 1. The molecule has 1 aromatic carbocycles. The minimum Gasteiger partial charge on any atom is -0.481 e. The molecule has 1 rings (SSSR count). The van der Waals surface area contributed by atoms with Crippen molar-refractivity contribution < 1.29 is 19.1 Å². The largest absolute Gasteiger partial charge is 0.481 e. The third kappa shape index (κ3) is 7.73. The summed E-state index contributed by atoms with van der Waals surface area (Å²) in [6, 6.07) is 6.58. The molecule has 25 heavy (non-hydrogen) atoms. The molecule has 6 heteroatoms. The Morgan fingerprint density at radius 1 is 1.20 bits per heavy atom. The van der Waals surface area contributed by atoms with Crippen LogP contribution in [0.3, 0.4) is 0 Å². The number of hydrogen-bond acceptors (Lipinski definition) is 5. The fraction of sp³-hybridized carbons (Fsp3) is 0.474. The predicted octanol–water partition coefficient (Wildman–Crippen LogP) is 1.62. The van der Waals surface area contributed by atoms with Gasteiger partial charge in [-0.1, -0.05) is 31.9 Å². The average Bonchev–Trinajstić information content (AvgIpc) is 2.56. The molecule has 0 aliphatic heterocycles. The van der Waals surface area contributed by atoms with Crippen molar-refractivity contribution >= 4 is 11.9 Å². The molecule has 0 fully saturated rings. The summed E-state index contributed by atoms with van der Waals surface area (Å²) in [6.07, 6.45) is -0.352. The van der Waals surface area contributed by atoms with Gasteiger partial charge in [0.25, 0.3) is 0 Å². The first-order valence-corrected chi connectivity index (χ1v) is 8.21.